The van der Waals surface area contributed by atoms with Gasteiger partial charge in [-0.2, -0.15) is 0 Å². The van der Waals surface area contributed by atoms with Crippen LogP contribution in [0.15, 0.2) is 67.3 Å². The van der Waals surface area contributed by atoms with Crippen LogP contribution in [0.2, 0.25) is 0 Å². The highest BCUT2D eigenvalue weighted by Gasteiger charge is 2.27. The van der Waals surface area contributed by atoms with Crippen molar-refractivity contribution in [1.29, 1.82) is 0 Å². The second-order valence-electron chi connectivity index (χ2n) is 7.83. The first-order chi connectivity index (χ1) is 15.1. The molecule has 3 rings (SSSR count). The predicted molar refractivity (Wildman–Crippen MR) is 124 cm³/mol. The van der Waals surface area contributed by atoms with Crippen molar-refractivity contribution in [1.82, 2.24) is 10.2 Å². The Morgan fingerprint density at radius 1 is 1.26 bits per heavy atom. The normalized spacial score (nSPS) is 17.3. The lowest BCUT2D eigenvalue weighted by atomic mass is 10.0. The molecule has 2 atom stereocenters. The van der Waals surface area contributed by atoms with Crippen molar-refractivity contribution in [2.24, 2.45) is 0 Å². The van der Waals surface area contributed by atoms with Crippen LogP contribution in [0.25, 0.3) is 0 Å². The van der Waals surface area contributed by atoms with E-state index < -0.39 is 0 Å². The van der Waals surface area contributed by atoms with Gasteiger partial charge in [0, 0.05) is 51.6 Å². The van der Waals surface area contributed by atoms with Crippen molar-refractivity contribution in [3.05, 3.63) is 78.4 Å². The number of hydrogen-bond acceptors (Lipinski definition) is 5. The Morgan fingerprint density at radius 3 is 2.68 bits per heavy atom. The molecule has 0 bridgehead atoms. The second-order valence-corrected chi connectivity index (χ2v) is 7.83. The Bertz CT molecular complexity index is 826. The number of hydrogen-bond donors (Lipinski definition) is 1. The number of rotatable bonds is 11. The molecule has 0 aliphatic carbocycles. The lowest BCUT2D eigenvalue weighted by molar-refractivity contribution is -0.0671. The van der Waals surface area contributed by atoms with Gasteiger partial charge in [0.2, 0.25) is 0 Å². The molecule has 1 aliphatic rings. The molecule has 1 heterocycles. The van der Waals surface area contributed by atoms with Gasteiger partial charge in [-0.25, -0.2) is 0 Å². The van der Waals surface area contributed by atoms with E-state index in [0.29, 0.717) is 18.9 Å². The number of likely N-dealkylation sites (N-methyl/N-ethyl adjacent to an activating group) is 1. The molecule has 1 aliphatic heterocycles. The zero-order chi connectivity index (χ0) is 22.1. The van der Waals surface area contributed by atoms with E-state index in [4.69, 9.17) is 9.47 Å². The quantitative estimate of drug-likeness (QED) is 0.443. The highest BCUT2D eigenvalue weighted by atomic mass is 16.7. The lowest BCUT2D eigenvalue weighted by Gasteiger charge is -2.33. The Morgan fingerprint density at radius 2 is 2.00 bits per heavy atom. The van der Waals surface area contributed by atoms with Gasteiger partial charge >= 0.3 is 0 Å². The molecule has 1 amide bonds. The average molecular weight is 424 g/mol. The zero-order valence-electron chi connectivity index (χ0n) is 18.5. The third kappa shape index (κ3) is 6.40. The number of carbonyl (C=O) groups is 1. The number of nitrogens with one attached hydrogen (secondary N) is 1. The predicted octanol–water partition coefficient (Wildman–Crippen LogP) is 3.47. The van der Waals surface area contributed by atoms with E-state index in [9.17, 15) is 4.79 Å². The Hall–Kier alpha value is -2.67. The molecule has 31 heavy (non-hydrogen) atoms. The summed E-state index contributed by atoms with van der Waals surface area (Å²) in [5, 5.41) is 2.81. The number of carbonyl (C=O) groups excluding carboxylic acids is 1. The average Bonchev–Trinajstić information content (AvgIpc) is 3.27. The minimum atomic E-state index is -0.0899. The van der Waals surface area contributed by atoms with Crippen LogP contribution in [0, 0.1) is 0 Å². The van der Waals surface area contributed by atoms with E-state index in [-0.39, 0.29) is 18.1 Å². The third-order valence-electron chi connectivity index (χ3n) is 5.68. The molecule has 6 nitrogen and oxygen atoms in total. The summed E-state index contributed by atoms with van der Waals surface area (Å²) in [6.07, 6.45) is 2.91. The van der Waals surface area contributed by atoms with Crippen LogP contribution in [-0.2, 0) is 9.47 Å². The molecule has 2 aromatic rings. The summed E-state index contributed by atoms with van der Waals surface area (Å²) >= 11 is 0. The van der Waals surface area contributed by atoms with Crippen LogP contribution in [0.1, 0.15) is 28.4 Å². The van der Waals surface area contributed by atoms with Gasteiger partial charge in [-0.1, -0.05) is 36.4 Å². The van der Waals surface area contributed by atoms with Crippen LogP contribution >= 0.6 is 0 Å². The number of amides is 1. The smallest absolute Gasteiger partial charge is 0.251 e. The largest absolute Gasteiger partial charge is 0.366 e. The zero-order valence-corrected chi connectivity index (χ0v) is 18.5. The van der Waals surface area contributed by atoms with Gasteiger partial charge in [-0.15, -0.1) is 6.58 Å². The number of methoxy groups -OCH3 is 1. The molecular weight excluding hydrogens is 390 g/mol. The fraction of sp³-hybridized carbons (Fsp3) is 0.400. The van der Waals surface area contributed by atoms with Gasteiger partial charge in [0.15, 0.2) is 0 Å². The molecule has 0 saturated carbocycles. The van der Waals surface area contributed by atoms with Gasteiger partial charge in [-0.05, 0) is 36.2 Å². The topological polar surface area (TPSA) is 54.0 Å². The molecule has 2 aromatic carbocycles. The van der Waals surface area contributed by atoms with E-state index in [1.807, 2.05) is 30.3 Å². The van der Waals surface area contributed by atoms with E-state index in [1.54, 1.807) is 13.2 Å². The molecule has 0 aromatic heterocycles. The van der Waals surface area contributed by atoms with Crippen molar-refractivity contribution in [2.45, 2.75) is 18.6 Å². The van der Waals surface area contributed by atoms with Gasteiger partial charge in [0.1, 0.15) is 6.79 Å². The maximum absolute atomic E-state index is 12.2. The first-order valence-electron chi connectivity index (χ1n) is 10.7. The van der Waals surface area contributed by atoms with Crippen LogP contribution in [0.5, 0.6) is 0 Å². The van der Waals surface area contributed by atoms with Crippen molar-refractivity contribution in [3.8, 4) is 0 Å². The Labute approximate surface area is 185 Å². The summed E-state index contributed by atoms with van der Waals surface area (Å²) in [7, 11) is 3.76. The van der Waals surface area contributed by atoms with Crippen molar-refractivity contribution in [2.75, 3.05) is 52.0 Å². The molecule has 1 saturated heterocycles. The maximum atomic E-state index is 12.2. The highest BCUT2D eigenvalue weighted by Crippen LogP contribution is 2.28. The first-order valence-corrected chi connectivity index (χ1v) is 10.7. The number of ether oxygens (including phenoxy) is 2. The first kappa shape index (κ1) is 23.0. The lowest BCUT2D eigenvalue weighted by Crippen LogP contribution is -2.36. The number of likely N-dealkylation sites (tertiary alicyclic amines) is 1. The minimum absolute atomic E-state index is 0.0899. The number of benzene rings is 2. The summed E-state index contributed by atoms with van der Waals surface area (Å²) in [6.45, 7) is 7.25. The summed E-state index contributed by atoms with van der Waals surface area (Å²) in [5.41, 5.74) is 2.98. The van der Waals surface area contributed by atoms with Crippen molar-refractivity contribution < 1.29 is 14.3 Å². The van der Waals surface area contributed by atoms with Crippen LogP contribution in [0.3, 0.4) is 0 Å². The second kappa shape index (κ2) is 11.6. The van der Waals surface area contributed by atoms with E-state index in [1.165, 1.54) is 5.56 Å². The summed E-state index contributed by atoms with van der Waals surface area (Å²) in [6, 6.07) is 18.5. The fourth-order valence-electron chi connectivity index (χ4n) is 3.93. The van der Waals surface area contributed by atoms with Crippen LogP contribution in [-0.4, -0.2) is 64.0 Å². The monoisotopic (exact) mass is 423 g/mol. The van der Waals surface area contributed by atoms with Gasteiger partial charge in [-0.3, -0.25) is 9.69 Å². The third-order valence-corrected chi connectivity index (χ3v) is 5.68. The van der Waals surface area contributed by atoms with Gasteiger partial charge in [0.05, 0.1) is 12.1 Å². The molecule has 0 radical (unpaired) electrons. The van der Waals surface area contributed by atoms with Gasteiger partial charge < -0.3 is 19.7 Å². The fourth-order valence-corrected chi connectivity index (χ4v) is 3.93. The Balaban J connectivity index is 1.72. The minimum Gasteiger partial charge on any atom is -0.366 e. The van der Waals surface area contributed by atoms with E-state index in [0.717, 1.165) is 31.7 Å². The summed E-state index contributed by atoms with van der Waals surface area (Å²) in [4.78, 5) is 16.9. The molecule has 1 fully saturated rings. The molecule has 6 heteroatoms. The SMILES string of the molecule is C=CCNC(=O)c1ccc(N(C)[C@H](CN2CC[C@H](OCOC)C2)c2ccccc2)cc1. The van der Waals surface area contributed by atoms with Crippen molar-refractivity contribution in [3.63, 3.8) is 0 Å². The standard InChI is InChI=1S/C25H33N3O3/c1-4-15-26-25(29)21-10-12-22(13-11-21)27(2)24(20-8-6-5-7-9-20)18-28-16-14-23(17-28)31-19-30-3/h4-13,23-24H,1,14-19H2,2-3H3,(H,26,29)/t23-,24+/m0/s1. The molecule has 0 unspecified atom stereocenters. The molecule has 1 N–H and O–H groups in total. The van der Waals surface area contributed by atoms with Gasteiger partial charge in [0.25, 0.3) is 5.91 Å². The van der Waals surface area contributed by atoms with Crippen molar-refractivity contribution >= 4 is 11.6 Å². The number of nitrogens with zero attached hydrogens (tertiary/aromatic N) is 2. The van der Waals surface area contributed by atoms with E-state index in [2.05, 4.69) is 53.0 Å². The summed E-state index contributed by atoms with van der Waals surface area (Å²) in [5.74, 6) is -0.0899. The molecule has 0 spiro atoms. The Kier molecular flexibility index (Phi) is 8.64. The maximum Gasteiger partial charge on any atom is 0.251 e. The molecular formula is C25H33N3O3. The molecule has 166 valence electrons. The van der Waals surface area contributed by atoms with E-state index >= 15 is 0 Å². The van der Waals surface area contributed by atoms with Crippen LogP contribution in [0.4, 0.5) is 5.69 Å². The number of anilines is 1. The van der Waals surface area contributed by atoms with Crippen LogP contribution < -0.4 is 10.2 Å². The summed E-state index contributed by atoms with van der Waals surface area (Å²) < 4.78 is 10.8. The highest BCUT2D eigenvalue weighted by molar-refractivity contribution is 5.94.